The van der Waals surface area contributed by atoms with Crippen molar-refractivity contribution in [2.45, 2.75) is 12.8 Å². The molecule has 0 amide bonds. The van der Waals surface area contributed by atoms with Crippen LogP contribution in [0.3, 0.4) is 0 Å². The molecule has 1 nitrogen and oxygen atoms in total. The summed E-state index contributed by atoms with van der Waals surface area (Å²) in [5.41, 5.74) is 1.75. The first-order valence-electron chi connectivity index (χ1n) is 3.89. The van der Waals surface area contributed by atoms with Crippen LogP contribution in [0.1, 0.15) is 18.4 Å². The van der Waals surface area contributed by atoms with Gasteiger partial charge in [-0.15, -0.1) is 0 Å². The number of rotatable bonds is 2. The molecule has 0 bridgehead atoms. The van der Waals surface area contributed by atoms with Gasteiger partial charge in [0.15, 0.2) is 0 Å². The van der Waals surface area contributed by atoms with E-state index in [4.69, 9.17) is 5.26 Å². The number of benzene rings is 1. The molecule has 0 saturated heterocycles. The molecule has 1 atom stereocenters. The lowest BCUT2D eigenvalue weighted by Gasteiger charge is -2.08. The van der Waals surface area contributed by atoms with Gasteiger partial charge in [0.05, 0.1) is 6.07 Å². The zero-order valence-corrected chi connectivity index (χ0v) is 7.12. The van der Waals surface area contributed by atoms with Gasteiger partial charge in [0, 0.05) is 11.5 Å². The number of allylic oxidation sites excluding steroid dienone is 1. The SMILES string of the molecule is C=C(C#N)C(C)c1ccccc1. The first-order valence-corrected chi connectivity index (χ1v) is 3.89. The monoisotopic (exact) mass is 157 g/mol. The standard InChI is InChI=1S/C11H11N/c1-9(8-12)10(2)11-6-4-3-5-7-11/h3-7,10H,1H2,2H3. The molecule has 60 valence electrons. The Balaban J connectivity index is 2.87. The Hall–Kier alpha value is -1.55. The van der Waals surface area contributed by atoms with Crippen LogP contribution in [0.2, 0.25) is 0 Å². The van der Waals surface area contributed by atoms with E-state index >= 15 is 0 Å². The van der Waals surface area contributed by atoms with Gasteiger partial charge in [-0.25, -0.2) is 0 Å². The maximum absolute atomic E-state index is 8.62. The molecule has 0 N–H and O–H groups in total. The van der Waals surface area contributed by atoms with Gasteiger partial charge in [-0.1, -0.05) is 43.8 Å². The number of hydrogen-bond donors (Lipinski definition) is 0. The van der Waals surface area contributed by atoms with Crippen LogP contribution in [0, 0.1) is 11.3 Å². The van der Waals surface area contributed by atoms with E-state index < -0.39 is 0 Å². The van der Waals surface area contributed by atoms with E-state index in [9.17, 15) is 0 Å². The fourth-order valence-corrected chi connectivity index (χ4v) is 1.04. The van der Waals surface area contributed by atoms with Gasteiger partial charge in [0.2, 0.25) is 0 Å². The third-order valence-corrected chi connectivity index (χ3v) is 1.97. The minimum atomic E-state index is 0.135. The summed E-state index contributed by atoms with van der Waals surface area (Å²) >= 11 is 0. The normalized spacial score (nSPS) is 11.7. The van der Waals surface area contributed by atoms with Gasteiger partial charge in [-0.05, 0) is 5.56 Å². The quantitative estimate of drug-likeness (QED) is 0.605. The largest absolute Gasteiger partial charge is 0.193 e. The van der Waals surface area contributed by atoms with Crippen LogP contribution in [-0.2, 0) is 0 Å². The Morgan fingerprint density at radius 2 is 2.00 bits per heavy atom. The van der Waals surface area contributed by atoms with E-state index in [1.807, 2.05) is 37.3 Å². The Labute approximate surface area is 73.0 Å². The third kappa shape index (κ3) is 1.73. The maximum atomic E-state index is 8.62. The fraction of sp³-hybridized carbons (Fsp3) is 0.182. The van der Waals surface area contributed by atoms with Crippen LogP contribution in [0.15, 0.2) is 42.5 Å². The van der Waals surface area contributed by atoms with Crippen molar-refractivity contribution in [3.8, 4) is 6.07 Å². The van der Waals surface area contributed by atoms with E-state index in [-0.39, 0.29) is 5.92 Å². The van der Waals surface area contributed by atoms with E-state index in [1.165, 1.54) is 0 Å². The summed E-state index contributed by atoms with van der Waals surface area (Å²) in [5, 5.41) is 8.62. The maximum Gasteiger partial charge on any atom is 0.0947 e. The van der Waals surface area contributed by atoms with E-state index in [2.05, 4.69) is 12.6 Å². The third-order valence-electron chi connectivity index (χ3n) is 1.97. The van der Waals surface area contributed by atoms with Gasteiger partial charge < -0.3 is 0 Å². The highest BCUT2D eigenvalue weighted by Crippen LogP contribution is 2.20. The molecule has 12 heavy (non-hydrogen) atoms. The lowest BCUT2D eigenvalue weighted by molar-refractivity contribution is 0.930. The molecule has 0 aliphatic rings. The zero-order chi connectivity index (χ0) is 8.97. The predicted molar refractivity (Wildman–Crippen MR) is 49.6 cm³/mol. The first kappa shape index (κ1) is 8.55. The van der Waals surface area contributed by atoms with Crippen molar-refractivity contribution in [2.75, 3.05) is 0 Å². The van der Waals surface area contributed by atoms with Crippen LogP contribution in [0.25, 0.3) is 0 Å². The highest BCUT2D eigenvalue weighted by Gasteiger charge is 2.06. The van der Waals surface area contributed by atoms with Gasteiger partial charge in [-0.2, -0.15) is 5.26 Å². The molecule has 0 aliphatic carbocycles. The molecule has 0 aliphatic heterocycles. The molecular weight excluding hydrogens is 146 g/mol. The topological polar surface area (TPSA) is 23.8 Å². The second-order valence-electron chi connectivity index (χ2n) is 2.77. The number of nitriles is 1. The summed E-state index contributed by atoms with van der Waals surface area (Å²) < 4.78 is 0. The molecule has 1 rings (SSSR count). The Morgan fingerprint density at radius 3 is 2.50 bits per heavy atom. The van der Waals surface area contributed by atoms with Gasteiger partial charge in [0.25, 0.3) is 0 Å². The van der Waals surface area contributed by atoms with E-state index in [1.54, 1.807) is 0 Å². The molecular formula is C11H11N. The summed E-state index contributed by atoms with van der Waals surface area (Å²) in [4.78, 5) is 0. The first-order chi connectivity index (χ1) is 5.75. The summed E-state index contributed by atoms with van der Waals surface area (Å²) in [6.45, 7) is 5.68. The van der Waals surface area contributed by atoms with Crippen molar-refractivity contribution in [3.63, 3.8) is 0 Å². The van der Waals surface area contributed by atoms with Crippen LogP contribution < -0.4 is 0 Å². The summed E-state index contributed by atoms with van der Waals surface area (Å²) in [6.07, 6.45) is 0. The Kier molecular flexibility index (Phi) is 2.66. The van der Waals surface area contributed by atoms with E-state index in [0.717, 1.165) is 5.56 Å². The average molecular weight is 157 g/mol. The molecule has 0 spiro atoms. The van der Waals surface area contributed by atoms with Gasteiger partial charge in [0.1, 0.15) is 0 Å². The van der Waals surface area contributed by atoms with Crippen molar-refractivity contribution >= 4 is 0 Å². The molecule has 0 radical (unpaired) electrons. The highest BCUT2D eigenvalue weighted by atomic mass is 14.3. The van der Waals surface area contributed by atoms with Crippen molar-refractivity contribution in [1.29, 1.82) is 5.26 Å². The molecule has 1 aromatic rings. The second-order valence-corrected chi connectivity index (χ2v) is 2.77. The zero-order valence-electron chi connectivity index (χ0n) is 7.12. The molecule has 1 aromatic carbocycles. The van der Waals surface area contributed by atoms with Gasteiger partial charge in [-0.3, -0.25) is 0 Å². The van der Waals surface area contributed by atoms with Crippen molar-refractivity contribution in [2.24, 2.45) is 0 Å². The van der Waals surface area contributed by atoms with Crippen LogP contribution in [0.5, 0.6) is 0 Å². The summed E-state index contributed by atoms with van der Waals surface area (Å²) in [6, 6.07) is 12.0. The minimum Gasteiger partial charge on any atom is -0.193 e. The average Bonchev–Trinajstić information content (AvgIpc) is 2.17. The number of hydrogen-bond acceptors (Lipinski definition) is 1. The second kappa shape index (κ2) is 3.73. The molecule has 0 fully saturated rings. The molecule has 0 heterocycles. The molecule has 0 saturated carbocycles. The predicted octanol–water partition coefficient (Wildman–Crippen LogP) is 2.87. The van der Waals surface area contributed by atoms with Crippen molar-refractivity contribution in [1.82, 2.24) is 0 Å². The smallest absolute Gasteiger partial charge is 0.0947 e. The van der Waals surface area contributed by atoms with Gasteiger partial charge >= 0.3 is 0 Å². The van der Waals surface area contributed by atoms with Crippen LogP contribution >= 0.6 is 0 Å². The lowest BCUT2D eigenvalue weighted by atomic mass is 9.95. The lowest BCUT2D eigenvalue weighted by Crippen LogP contribution is -1.93. The summed E-state index contributed by atoms with van der Waals surface area (Å²) in [7, 11) is 0. The Bertz CT molecular complexity index is 306. The molecule has 1 unspecified atom stereocenters. The van der Waals surface area contributed by atoms with Crippen LogP contribution in [-0.4, -0.2) is 0 Å². The molecule has 1 heteroatoms. The van der Waals surface area contributed by atoms with E-state index in [0.29, 0.717) is 5.57 Å². The minimum absolute atomic E-state index is 0.135. The fourth-order valence-electron chi connectivity index (χ4n) is 1.04. The Morgan fingerprint density at radius 1 is 1.42 bits per heavy atom. The van der Waals surface area contributed by atoms with Crippen LogP contribution in [0.4, 0.5) is 0 Å². The number of nitrogens with zero attached hydrogens (tertiary/aromatic N) is 1. The van der Waals surface area contributed by atoms with Crippen molar-refractivity contribution in [3.05, 3.63) is 48.0 Å². The molecule has 0 aromatic heterocycles. The highest BCUT2D eigenvalue weighted by molar-refractivity contribution is 5.33. The van der Waals surface area contributed by atoms with Crippen molar-refractivity contribution < 1.29 is 0 Å². The summed E-state index contributed by atoms with van der Waals surface area (Å²) in [5.74, 6) is 0.135.